The van der Waals surface area contributed by atoms with E-state index in [1.54, 1.807) is 42.3 Å². The van der Waals surface area contributed by atoms with Gasteiger partial charge in [0.2, 0.25) is 12.3 Å². The van der Waals surface area contributed by atoms with Crippen LogP contribution in [0, 0.1) is 6.92 Å². The SMILES string of the molecule is COc1ccccc1/C=[N+]1\N=C([O-])[C@@H](NC(=O)c2cccc(C)c2)[C@H]1c1ccc(Cl)cc1. The van der Waals surface area contributed by atoms with Gasteiger partial charge in [-0.2, -0.15) is 0 Å². The summed E-state index contributed by atoms with van der Waals surface area (Å²) in [4.78, 5) is 12.9. The molecular formula is C25H22ClN3O3. The predicted molar refractivity (Wildman–Crippen MR) is 122 cm³/mol. The zero-order chi connectivity index (χ0) is 22.7. The van der Waals surface area contributed by atoms with Crippen LogP contribution in [0.2, 0.25) is 5.02 Å². The van der Waals surface area contributed by atoms with Crippen molar-refractivity contribution in [1.82, 2.24) is 5.32 Å². The Morgan fingerprint density at radius 1 is 1.12 bits per heavy atom. The number of hydrogen-bond acceptors (Lipinski definition) is 4. The van der Waals surface area contributed by atoms with Gasteiger partial charge in [0.25, 0.3) is 5.91 Å². The first-order valence-corrected chi connectivity index (χ1v) is 10.5. The molecular weight excluding hydrogens is 426 g/mol. The molecule has 3 aromatic rings. The third kappa shape index (κ3) is 4.50. The molecule has 32 heavy (non-hydrogen) atoms. The van der Waals surface area contributed by atoms with E-state index < -0.39 is 18.0 Å². The zero-order valence-electron chi connectivity index (χ0n) is 17.7. The van der Waals surface area contributed by atoms with Crippen molar-refractivity contribution < 1.29 is 19.3 Å². The Bertz CT molecular complexity index is 1210. The maximum atomic E-state index is 12.9. The summed E-state index contributed by atoms with van der Waals surface area (Å²) in [6.45, 7) is 1.91. The van der Waals surface area contributed by atoms with Gasteiger partial charge in [-0.3, -0.25) is 4.79 Å². The van der Waals surface area contributed by atoms with Crippen molar-refractivity contribution in [2.24, 2.45) is 5.10 Å². The van der Waals surface area contributed by atoms with Crippen LogP contribution in [-0.4, -0.2) is 35.9 Å². The Kier molecular flexibility index (Phi) is 6.23. The van der Waals surface area contributed by atoms with Gasteiger partial charge < -0.3 is 15.2 Å². The third-order valence-corrected chi connectivity index (χ3v) is 5.52. The molecule has 162 valence electrons. The summed E-state index contributed by atoms with van der Waals surface area (Å²) >= 11 is 6.07. The summed E-state index contributed by atoms with van der Waals surface area (Å²) in [6, 6.07) is 20.4. The van der Waals surface area contributed by atoms with Gasteiger partial charge in [-0.1, -0.05) is 58.2 Å². The van der Waals surface area contributed by atoms with Crippen molar-refractivity contribution in [2.75, 3.05) is 7.11 Å². The number of nitrogens with zero attached hydrogens (tertiary/aromatic N) is 2. The number of carbonyl (C=O) groups excluding carboxylic acids is 1. The van der Waals surface area contributed by atoms with Crippen molar-refractivity contribution in [1.29, 1.82) is 0 Å². The van der Waals surface area contributed by atoms with E-state index >= 15 is 0 Å². The molecule has 0 unspecified atom stereocenters. The number of halogens is 1. The summed E-state index contributed by atoms with van der Waals surface area (Å²) in [5.41, 5.74) is 3.00. The van der Waals surface area contributed by atoms with Crippen LogP contribution in [-0.2, 0) is 0 Å². The molecule has 0 aliphatic carbocycles. The van der Waals surface area contributed by atoms with Crippen molar-refractivity contribution in [3.8, 4) is 5.75 Å². The molecule has 0 saturated carbocycles. The molecule has 0 spiro atoms. The minimum atomic E-state index is -0.866. The molecule has 6 nitrogen and oxygen atoms in total. The van der Waals surface area contributed by atoms with E-state index in [9.17, 15) is 9.90 Å². The summed E-state index contributed by atoms with van der Waals surface area (Å²) in [6.07, 6.45) is 1.74. The molecule has 1 N–H and O–H groups in total. The molecule has 1 aliphatic rings. The second-order valence-corrected chi connectivity index (χ2v) is 7.94. The van der Waals surface area contributed by atoms with Crippen LogP contribution in [0.5, 0.6) is 5.75 Å². The molecule has 1 aliphatic heterocycles. The number of ether oxygens (including phenoxy) is 1. The van der Waals surface area contributed by atoms with Crippen LogP contribution in [0.3, 0.4) is 0 Å². The highest BCUT2D eigenvalue weighted by Gasteiger charge is 2.41. The Morgan fingerprint density at radius 3 is 2.59 bits per heavy atom. The maximum absolute atomic E-state index is 12.9. The van der Waals surface area contributed by atoms with Crippen LogP contribution in [0.25, 0.3) is 0 Å². The lowest BCUT2D eigenvalue weighted by atomic mass is 9.99. The van der Waals surface area contributed by atoms with Crippen molar-refractivity contribution >= 4 is 29.6 Å². The largest absolute Gasteiger partial charge is 0.856 e. The van der Waals surface area contributed by atoms with E-state index in [2.05, 4.69) is 10.4 Å². The van der Waals surface area contributed by atoms with E-state index in [4.69, 9.17) is 16.3 Å². The second-order valence-electron chi connectivity index (χ2n) is 7.51. The number of benzene rings is 3. The monoisotopic (exact) mass is 447 g/mol. The van der Waals surface area contributed by atoms with E-state index in [0.29, 0.717) is 16.3 Å². The van der Waals surface area contributed by atoms with Gasteiger partial charge in [0.05, 0.1) is 18.6 Å². The van der Waals surface area contributed by atoms with E-state index in [0.717, 1.165) is 16.7 Å². The highest BCUT2D eigenvalue weighted by Crippen LogP contribution is 2.29. The molecule has 2 atom stereocenters. The molecule has 0 saturated heterocycles. The normalized spacial score (nSPS) is 19.0. The lowest BCUT2D eigenvalue weighted by molar-refractivity contribution is -0.565. The van der Waals surface area contributed by atoms with Gasteiger partial charge in [-0.25, -0.2) is 0 Å². The Balaban J connectivity index is 1.74. The van der Waals surface area contributed by atoms with Gasteiger partial charge in [0.15, 0.2) is 0 Å². The quantitative estimate of drug-likeness (QED) is 0.609. The smallest absolute Gasteiger partial charge is 0.252 e. The first kappa shape index (κ1) is 21.6. The van der Waals surface area contributed by atoms with Gasteiger partial charge in [0.1, 0.15) is 11.8 Å². The van der Waals surface area contributed by atoms with Crippen molar-refractivity contribution in [3.05, 3.63) is 100 Å². The van der Waals surface area contributed by atoms with E-state index in [1.807, 2.05) is 55.5 Å². The molecule has 3 aromatic carbocycles. The van der Waals surface area contributed by atoms with Gasteiger partial charge in [0, 0.05) is 16.1 Å². The summed E-state index contributed by atoms with van der Waals surface area (Å²) < 4.78 is 7.00. The zero-order valence-corrected chi connectivity index (χ0v) is 18.4. The van der Waals surface area contributed by atoms with Crippen molar-refractivity contribution in [3.63, 3.8) is 0 Å². The van der Waals surface area contributed by atoms with Gasteiger partial charge in [-0.05, 0) is 48.4 Å². The topological polar surface area (TPSA) is 76.8 Å². The second kappa shape index (κ2) is 9.24. The molecule has 0 bridgehead atoms. The van der Waals surface area contributed by atoms with E-state index in [-0.39, 0.29) is 5.91 Å². The Morgan fingerprint density at radius 2 is 1.88 bits per heavy atom. The number of para-hydroxylation sites is 1. The molecule has 0 fully saturated rings. The average Bonchev–Trinajstić information content (AvgIpc) is 3.09. The van der Waals surface area contributed by atoms with Crippen LogP contribution in [0.1, 0.15) is 33.1 Å². The lowest BCUT2D eigenvalue weighted by Crippen LogP contribution is -2.47. The Hall–Kier alpha value is -3.64. The van der Waals surface area contributed by atoms with Crippen LogP contribution < -0.4 is 15.2 Å². The minimum absolute atomic E-state index is 0.333. The van der Waals surface area contributed by atoms with Crippen LogP contribution in [0.4, 0.5) is 0 Å². The number of nitrogens with one attached hydrogen (secondary N) is 1. The number of amides is 1. The first-order chi connectivity index (χ1) is 15.5. The summed E-state index contributed by atoms with van der Waals surface area (Å²) in [7, 11) is 1.58. The number of carbonyl (C=O) groups is 1. The minimum Gasteiger partial charge on any atom is -0.856 e. The highest BCUT2D eigenvalue weighted by molar-refractivity contribution is 6.30. The summed E-state index contributed by atoms with van der Waals surface area (Å²) in [5.74, 6) is -0.116. The maximum Gasteiger partial charge on any atom is 0.252 e. The molecule has 0 radical (unpaired) electrons. The fraction of sp³-hybridized carbons (Fsp3) is 0.160. The predicted octanol–water partition coefficient (Wildman–Crippen LogP) is 3.32. The fourth-order valence-corrected chi connectivity index (χ4v) is 3.83. The molecule has 7 heteroatoms. The van der Waals surface area contributed by atoms with Gasteiger partial charge >= 0.3 is 0 Å². The summed E-state index contributed by atoms with van der Waals surface area (Å²) in [5, 5.41) is 20.6. The third-order valence-electron chi connectivity index (χ3n) is 5.27. The molecule has 1 heterocycles. The number of aryl methyl sites for hydroxylation is 1. The standard InChI is InChI=1S/C25H22ClN3O3/c1-16-6-5-8-18(14-16)24(30)27-22-23(17-10-12-20(26)13-11-17)29(28-25(22)31)15-19-7-3-4-9-21(19)32-2/h3-15,22-23H,1-2H3,(H-,27,28,30,31)/b29-15-/t22-,23+/m0/s1. The fourth-order valence-electron chi connectivity index (χ4n) is 3.71. The lowest BCUT2D eigenvalue weighted by Gasteiger charge is -2.20. The molecule has 0 aromatic heterocycles. The Labute approximate surface area is 191 Å². The number of hydrogen-bond donors (Lipinski definition) is 1. The number of hydrazone groups is 1. The number of rotatable bonds is 5. The molecule has 1 amide bonds. The number of methoxy groups -OCH3 is 1. The van der Waals surface area contributed by atoms with Crippen molar-refractivity contribution in [2.45, 2.75) is 19.0 Å². The van der Waals surface area contributed by atoms with Gasteiger partial charge in [-0.15, -0.1) is 0 Å². The van der Waals surface area contributed by atoms with Crippen LogP contribution >= 0.6 is 11.6 Å². The first-order valence-electron chi connectivity index (χ1n) is 10.1. The van der Waals surface area contributed by atoms with Crippen LogP contribution in [0.15, 0.2) is 77.9 Å². The highest BCUT2D eigenvalue weighted by atomic mass is 35.5. The molecule has 4 rings (SSSR count). The average molecular weight is 448 g/mol. The van der Waals surface area contributed by atoms with E-state index in [1.165, 1.54) is 0 Å².